The van der Waals surface area contributed by atoms with Crippen LogP contribution >= 0.6 is 0 Å². The molecule has 0 aliphatic carbocycles. The van der Waals surface area contributed by atoms with Crippen molar-refractivity contribution in [3.8, 4) is 0 Å². The van der Waals surface area contributed by atoms with Gasteiger partial charge in [-0.15, -0.1) is 0 Å². The predicted octanol–water partition coefficient (Wildman–Crippen LogP) is 2.01. The predicted molar refractivity (Wildman–Crippen MR) is 44.2 cm³/mol. The topological polar surface area (TPSA) is 22.1 Å². The van der Waals surface area contributed by atoms with E-state index in [9.17, 15) is 0 Å². The molecule has 2 heteroatoms. The van der Waals surface area contributed by atoms with Gasteiger partial charge in [0.05, 0.1) is 12.7 Å². The highest BCUT2D eigenvalue weighted by Crippen LogP contribution is 2.00. The first-order valence-corrected chi connectivity index (χ1v) is 3.79. The fourth-order valence-corrected chi connectivity index (χ4v) is 0.746. The van der Waals surface area contributed by atoms with Gasteiger partial charge in [-0.2, -0.15) is 0 Å². The van der Waals surface area contributed by atoms with Gasteiger partial charge in [0, 0.05) is 12.4 Å². The highest BCUT2D eigenvalue weighted by Gasteiger charge is 1.94. The number of rotatable bonds is 3. The standard InChI is InChI=1S/C9H13NO/c1-8(2)11-7-9-4-3-5-10-6-9/h3-6,8H,7H2,1-2H3. The minimum atomic E-state index is 0.287. The fraction of sp³-hybridized carbons (Fsp3) is 0.444. The molecular formula is C9H13NO. The molecule has 0 spiro atoms. The zero-order valence-corrected chi connectivity index (χ0v) is 6.95. The third-order valence-corrected chi connectivity index (χ3v) is 1.31. The largest absolute Gasteiger partial charge is 0.374 e. The van der Waals surface area contributed by atoms with Crippen molar-refractivity contribution in [3.63, 3.8) is 0 Å². The van der Waals surface area contributed by atoms with E-state index >= 15 is 0 Å². The van der Waals surface area contributed by atoms with Gasteiger partial charge in [-0.25, -0.2) is 0 Å². The van der Waals surface area contributed by atoms with Crippen LogP contribution in [0.5, 0.6) is 0 Å². The van der Waals surface area contributed by atoms with Crippen LogP contribution in [0.4, 0.5) is 0 Å². The molecule has 1 rings (SSSR count). The Balaban J connectivity index is 2.39. The Morgan fingerprint density at radius 2 is 2.36 bits per heavy atom. The van der Waals surface area contributed by atoms with Crippen LogP contribution in [0.2, 0.25) is 0 Å². The summed E-state index contributed by atoms with van der Waals surface area (Å²) in [7, 11) is 0. The summed E-state index contributed by atoms with van der Waals surface area (Å²) in [5, 5.41) is 0. The van der Waals surface area contributed by atoms with Crippen LogP contribution in [0.25, 0.3) is 0 Å². The zero-order valence-electron chi connectivity index (χ0n) is 6.95. The second-order valence-corrected chi connectivity index (χ2v) is 2.72. The molecule has 0 N–H and O–H groups in total. The van der Waals surface area contributed by atoms with Crippen molar-refractivity contribution in [2.45, 2.75) is 26.6 Å². The molecule has 0 aromatic carbocycles. The highest BCUT2D eigenvalue weighted by molar-refractivity contribution is 5.06. The second-order valence-electron chi connectivity index (χ2n) is 2.72. The van der Waals surface area contributed by atoms with Gasteiger partial charge in [0.15, 0.2) is 0 Å². The maximum Gasteiger partial charge on any atom is 0.0735 e. The average Bonchev–Trinajstić information content (AvgIpc) is 2.03. The first-order chi connectivity index (χ1) is 5.29. The van der Waals surface area contributed by atoms with Crippen LogP contribution < -0.4 is 0 Å². The fourth-order valence-electron chi connectivity index (χ4n) is 0.746. The lowest BCUT2D eigenvalue weighted by molar-refractivity contribution is 0.0655. The van der Waals surface area contributed by atoms with E-state index in [1.807, 2.05) is 32.2 Å². The molecule has 0 atom stereocenters. The molecule has 1 aromatic heterocycles. The molecule has 11 heavy (non-hydrogen) atoms. The number of ether oxygens (including phenoxy) is 1. The van der Waals surface area contributed by atoms with Gasteiger partial charge < -0.3 is 4.74 Å². The minimum absolute atomic E-state index is 0.287. The van der Waals surface area contributed by atoms with E-state index in [4.69, 9.17) is 4.74 Å². The Morgan fingerprint density at radius 3 is 2.91 bits per heavy atom. The van der Waals surface area contributed by atoms with Crippen molar-refractivity contribution in [2.24, 2.45) is 0 Å². The minimum Gasteiger partial charge on any atom is -0.374 e. The quantitative estimate of drug-likeness (QED) is 0.659. The Bertz CT molecular complexity index is 196. The number of pyridine rings is 1. The zero-order chi connectivity index (χ0) is 8.10. The Morgan fingerprint density at radius 1 is 1.55 bits per heavy atom. The lowest BCUT2D eigenvalue weighted by atomic mass is 10.3. The van der Waals surface area contributed by atoms with Crippen molar-refractivity contribution in [1.29, 1.82) is 0 Å². The lowest BCUT2D eigenvalue weighted by Gasteiger charge is -2.05. The van der Waals surface area contributed by atoms with Crippen molar-refractivity contribution in [3.05, 3.63) is 30.1 Å². The lowest BCUT2D eigenvalue weighted by Crippen LogP contribution is -2.02. The summed E-state index contributed by atoms with van der Waals surface area (Å²) in [6, 6.07) is 3.92. The molecule has 0 fully saturated rings. The van der Waals surface area contributed by atoms with Gasteiger partial charge in [-0.1, -0.05) is 6.07 Å². The maximum absolute atomic E-state index is 5.39. The maximum atomic E-state index is 5.39. The van der Waals surface area contributed by atoms with Crippen molar-refractivity contribution in [2.75, 3.05) is 0 Å². The first-order valence-electron chi connectivity index (χ1n) is 3.79. The Labute approximate surface area is 67.2 Å². The monoisotopic (exact) mass is 151 g/mol. The second kappa shape index (κ2) is 4.09. The van der Waals surface area contributed by atoms with Gasteiger partial charge in [0.2, 0.25) is 0 Å². The Hall–Kier alpha value is -0.890. The smallest absolute Gasteiger partial charge is 0.0735 e. The van der Waals surface area contributed by atoms with Crippen molar-refractivity contribution >= 4 is 0 Å². The van der Waals surface area contributed by atoms with Crippen LogP contribution in [-0.2, 0) is 11.3 Å². The van der Waals surface area contributed by atoms with Gasteiger partial charge in [-0.05, 0) is 25.5 Å². The van der Waals surface area contributed by atoms with Crippen molar-refractivity contribution in [1.82, 2.24) is 4.98 Å². The van der Waals surface area contributed by atoms with E-state index in [-0.39, 0.29) is 6.10 Å². The molecule has 2 nitrogen and oxygen atoms in total. The Kier molecular flexibility index (Phi) is 3.05. The average molecular weight is 151 g/mol. The molecule has 0 amide bonds. The summed E-state index contributed by atoms with van der Waals surface area (Å²) in [5.41, 5.74) is 1.13. The molecule has 60 valence electrons. The summed E-state index contributed by atoms with van der Waals surface area (Å²) in [6.45, 7) is 4.71. The molecule has 0 bridgehead atoms. The number of hydrogen-bond acceptors (Lipinski definition) is 2. The molecule has 1 heterocycles. The SMILES string of the molecule is CC(C)OCc1cccnc1. The van der Waals surface area contributed by atoms with E-state index in [1.54, 1.807) is 6.20 Å². The van der Waals surface area contributed by atoms with Gasteiger partial charge in [0.25, 0.3) is 0 Å². The summed E-state index contributed by atoms with van der Waals surface area (Å²) in [4.78, 5) is 3.98. The van der Waals surface area contributed by atoms with E-state index in [0.717, 1.165) is 5.56 Å². The molecule has 0 saturated carbocycles. The van der Waals surface area contributed by atoms with Crippen LogP contribution in [0, 0.1) is 0 Å². The molecule has 1 aromatic rings. The normalized spacial score (nSPS) is 10.5. The molecule has 0 aliphatic heterocycles. The summed E-state index contributed by atoms with van der Waals surface area (Å²) in [6.07, 6.45) is 3.87. The van der Waals surface area contributed by atoms with Crippen molar-refractivity contribution < 1.29 is 4.74 Å². The number of nitrogens with zero attached hydrogens (tertiary/aromatic N) is 1. The van der Waals surface area contributed by atoms with E-state index < -0.39 is 0 Å². The molecule has 0 saturated heterocycles. The van der Waals surface area contributed by atoms with Crippen LogP contribution in [0.15, 0.2) is 24.5 Å². The summed E-state index contributed by atoms with van der Waals surface area (Å²) >= 11 is 0. The summed E-state index contributed by atoms with van der Waals surface area (Å²) < 4.78 is 5.39. The third-order valence-electron chi connectivity index (χ3n) is 1.31. The van der Waals surface area contributed by atoms with Crippen LogP contribution in [-0.4, -0.2) is 11.1 Å². The number of hydrogen-bond donors (Lipinski definition) is 0. The molecular weight excluding hydrogens is 138 g/mol. The third kappa shape index (κ3) is 3.14. The van der Waals surface area contributed by atoms with Crippen LogP contribution in [0.3, 0.4) is 0 Å². The molecule has 0 unspecified atom stereocenters. The van der Waals surface area contributed by atoms with E-state index in [0.29, 0.717) is 6.61 Å². The van der Waals surface area contributed by atoms with Gasteiger partial charge in [0.1, 0.15) is 0 Å². The van der Waals surface area contributed by atoms with Gasteiger partial charge in [-0.3, -0.25) is 4.98 Å². The number of aromatic nitrogens is 1. The highest BCUT2D eigenvalue weighted by atomic mass is 16.5. The summed E-state index contributed by atoms with van der Waals surface area (Å²) in [5.74, 6) is 0. The first kappa shape index (κ1) is 8.21. The molecule has 0 aliphatic rings. The molecule has 0 radical (unpaired) electrons. The van der Waals surface area contributed by atoms with Gasteiger partial charge >= 0.3 is 0 Å². The van der Waals surface area contributed by atoms with Crippen LogP contribution in [0.1, 0.15) is 19.4 Å². The van der Waals surface area contributed by atoms with E-state index in [1.165, 1.54) is 0 Å². The van der Waals surface area contributed by atoms with E-state index in [2.05, 4.69) is 4.98 Å².